The van der Waals surface area contributed by atoms with Crippen LogP contribution in [0.5, 0.6) is 0 Å². The number of H-pyrrole nitrogens is 1. The largest absolute Gasteiger partial charge is 0.319 e. The number of carbonyl (C=O) groups is 1. The van der Waals surface area contributed by atoms with Crippen molar-refractivity contribution in [2.45, 2.75) is 6.42 Å². The number of benzene rings is 2. The zero-order chi connectivity index (χ0) is 16.9. The molecule has 6 nitrogen and oxygen atoms in total. The van der Waals surface area contributed by atoms with Gasteiger partial charge in [-0.1, -0.05) is 41.9 Å². The summed E-state index contributed by atoms with van der Waals surface area (Å²) in [5.41, 5.74) is 4.04. The zero-order valence-corrected chi connectivity index (χ0v) is 13.2. The second-order valence-electron chi connectivity index (χ2n) is 5.02. The summed E-state index contributed by atoms with van der Waals surface area (Å²) in [5.74, 6) is -0.438. The third-order valence-corrected chi connectivity index (χ3v) is 3.64. The monoisotopic (exact) mass is 340 g/mol. The van der Waals surface area contributed by atoms with E-state index in [0.29, 0.717) is 21.6 Å². The van der Waals surface area contributed by atoms with E-state index in [4.69, 9.17) is 11.6 Å². The molecule has 0 radical (unpaired) electrons. The standard InChI is InChI=1S/C17H13ClN4O2/c18-12-6-2-1-5-11(12)10-19-22-16(23)9-15-17(24)21-14-8-4-3-7-13(14)20-15/h1-8,10H,9H2,(H,21,24)(H,22,23)/b19-10+. The Balaban J connectivity index is 1.70. The summed E-state index contributed by atoms with van der Waals surface area (Å²) in [6.45, 7) is 0. The minimum absolute atomic E-state index is 0.138. The number of halogens is 1. The number of hydrogen-bond acceptors (Lipinski definition) is 4. The van der Waals surface area contributed by atoms with Crippen LogP contribution in [0, 0.1) is 0 Å². The number of aromatic amines is 1. The molecule has 0 bridgehead atoms. The molecule has 1 aromatic heterocycles. The summed E-state index contributed by atoms with van der Waals surface area (Å²) in [4.78, 5) is 30.8. The highest BCUT2D eigenvalue weighted by atomic mass is 35.5. The van der Waals surface area contributed by atoms with E-state index in [2.05, 4.69) is 20.5 Å². The SMILES string of the molecule is O=C(Cc1nc2ccccc2[nH]c1=O)N/N=C/c1ccccc1Cl. The van der Waals surface area contributed by atoms with Crippen molar-refractivity contribution in [2.24, 2.45) is 5.10 Å². The number of aromatic nitrogens is 2. The Bertz CT molecular complexity index is 981. The number of nitrogens with one attached hydrogen (secondary N) is 2. The number of carbonyl (C=O) groups excluding carboxylic acids is 1. The summed E-state index contributed by atoms with van der Waals surface area (Å²) in [7, 11) is 0. The van der Waals surface area contributed by atoms with Gasteiger partial charge in [-0.15, -0.1) is 0 Å². The van der Waals surface area contributed by atoms with Crippen LogP contribution in [-0.4, -0.2) is 22.1 Å². The van der Waals surface area contributed by atoms with Crippen molar-refractivity contribution < 1.29 is 4.79 Å². The van der Waals surface area contributed by atoms with Crippen LogP contribution in [-0.2, 0) is 11.2 Å². The fraction of sp³-hybridized carbons (Fsp3) is 0.0588. The Labute approximate surface area is 142 Å². The fourth-order valence-electron chi connectivity index (χ4n) is 2.13. The lowest BCUT2D eigenvalue weighted by Crippen LogP contribution is -2.25. The smallest absolute Gasteiger partial charge is 0.270 e. The van der Waals surface area contributed by atoms with Gasteiger partial charge in [0, 0.05) is 10.6 Å². The molecular formula is C17H13ClN4O2. The lowest BCUT2D eigenvalue weighted by atomic mass is 10.2. The van der Waals surface area contributed by atoms with Crippen LogP contribution < -0.4 is 11.0 Å². The average Bonchev–Trinajstić information content (AvgIpc) is 2.57. The van der Waals surface area contributed by atoms with Crippen LogP contribution in [0.4, 0.5) is 0 Å². The molecule has 0 unspecified atom stereocenters. The summed E-state index contributed by atoms with van der Waals surface area (Å²) >= 11 is 5.99. The van der Waals surface area contributed by atoms with Gasteiger partial charge in [-0.05, 0) is 18.2 Å². The van der Waals surface area contributed by atoms with Crippen LogP contribution in [0.15, 0.2) is 58.4 Å². The van der Waals surface area contributed by atoms with Crippen LogP contribution in [0.2, 0.25) is 5.02 Å². The summed E-state index contributed by atoms with van der Waals surface area (Å²) in [6, 6.07) is 14.2. The Morgan fingerprint density at radius 2 is 1.96 bits per heavy atom. The molecule has 0 aliphatic carbocycles. The molecule has 2 N–H and O–H groups in total. The maximum atomic E-state index is 12.0. The second kappa shape index (κ2) is 7.06. The fourth-order valence-corrected chi connectivity index (χ4v) is 2.32. The normalized spacial score (nSPS) is 11.0. The number of fused-ring (bicyclic) bond motifs is 1. The molecule has 0 saturated heterocycles. The molecule has 1 amide bonds. The van der Waals surface area contributed by atoms with Gasteiger partial charge in [0.1, 0.15) is 5.69 Å². The number of rotatable bonds is 4. The predicted octanol–water partition coefficient (Wildman–Crippen LogP) is 2.27. The molecule has 0 aliphatic heterocycles. The van der Waals surface area contributed by atoms with Gasteiger partial charge in [-0.25, -0.2) is 10.4 Å². The van der Waals surface area contributed by atoms with E-state index in [9.17, 15) is 9.59 Å². The van der Waals surface area contributed by atoms with E-state index in [-0.39, 0.29) is 17.7 Å². The number of nitrogens with zero attached hydrogens (tertiary/aromatic N) is 2. The van der Waals surface area contributed by atoms with Gasteiger partial charge in [0.15, 0.2) is 0 Å². The molecule has 0 spiro atoms. The minimum atomic E-state index is -0.438. The average molecular weight is 341 g/mol. The quantitative estimate of drug-likeness (QED) is 0.564. The van der Waals surface area contributed by atoms with Crippen LogP contribution in [0.1, 0.15) is 11.3 Å². The first-order valence-electron chi connectivity index (χ1n) is 7.18. The van der Waals surface area contributed by atoms with Crippen molar-refractivity contribution in [1.29, 1.82) is 0 Å². The molecule has 120 valence electrons. The molecule has 24 heavy (non-hydrogen) atoms. The Morgan fingerprint density at radius 3 is 2.79 bits per heavy atom. The van der Waals surface area contributed by atoms with Gasteiger partial charge in [0.2, 0.25) is 5.91 Å². The Morgan fingerprint density at radius 1 is 1.21 bits per heavy atom. The lowest BCUT2D eigenvalue weighted by Gasteiger charge is -2.02. The number of hydrogen-bond donors (Lipinski definition) is 2. The topological polar surface area (TPSA) is 87.2 Å². The predicted molar refractivity (Wildman–Crippen MR) is 93.3 cm³/mol. The van der Waals surface area contributed by atoms with E-state index < -0.39 is 5.91 Å². The second-order valence-corrected chi connectivity index (χ2v) is 5.43. The molecule has 0 aliphatic rings. The maximum Gasteiger partial charge on any atom is 0.270 e. The third kappa shape index (κ3) is 3.67. The van der Waals surface area contributed by atoms with Crippen molar-refractivity contribution >= 4 is 34.8 Å². The number of amides is 1. The van der Waals surface area contributed by atoms with Crippen molar-refractivity contribution in [3.05, 3.63) is 75.2 Å². The first-order valence-corrected chi connectivity index (χ1v) is 7.55. The molecule has 3 rings (SSSR count). The van der Waals surface area contributed by atoms with Gasteiger partial charge in [-0.2, -0.15) is 5.10 Å². The van der Waals surface area contributed by atoms with Crippen LogP contribution in [0.25, 0.3) is 11.0 Å². The van der Waals surface area contributed by atoms with Gasteiger partial charge >= 0.3 is 0 Å². The Hall–Kier alpha value is -2.99. The van der Waals surface area contributed by atoms with Crippen molar-refractivity contribution in [3.8, 4) is 0 Å². The number of para-hydroxylation sites is 2. The van der Waals surface area contributed by atoms with Crippen LogP contribution in [0.3, 0.4) is 0 Å². The van der Waals surface area contributed by atoms with E-state index >= 15 is 0 Å². The van der Waals surface area contributed by atoms with Crippen molar-refractivity contribution in [3.63, 3.8) is 0 Å². The van der Waals surface area contributed by atoms with E-state index in [0.717, 1.165) is 0 Å². The molecule has 0 atom stereocenters. The van der Waals surface area contributed by atoms with Crippen LogP contribution >= 0.6 is 11.6 Å². The van der Waals surface area contributed by atoms with Gasteiger partial charge in [0.05, 0.1) is 23.7 Å². The van der Waals surface area contributed by atoms with E-state index in [1.807, 2.05) is 12.1 Å². The highest BCUT2D eigenvalue weighted by Crippen LogP contribution is 2.12. The third-order valence-electron chi connectivity index (χ3n) is 3.30. The molecule has 1 heterocycles. The first-order chi connectivity index (χ1) is 11.6. The zero-order valence-electron chi connectivity index (χ0n) is 12.5. The van der Waals surface area contributed by atoms with Crippen molar-refractivity contribution in [1.82, 2.24) is 15.4 Å². The Kier molecular flexibility index (Phi) is 4.67. The maximum absolute atomic E-state index is 12.0. The lowest BCUT2D eigenvalue weighted by molar-refractivity contribution is -0.120. The van der Waals surface area contributed by atoms with Gasteiger partial charge in [0.25, 0.3) is 5.56 Å². The highest BCUT2D eigenvalue weighted by molar-refractivity contribution is 6.33. The minimum Gasteiger partial charge on any atom is -0.319 e. The molecule has 0 fully saturated rings. The molecule has 2 aromatic carbocycles. The summed E-state index contributed by atoms with van der Waals surface area (Å²) < 4.78 is 0. The highest BCUT2D eigenvalue weighted by Gasteiger charge is 2.09. The summed E-state index contributed by atoms with van der Waals surface area (Å²) in [5, 5.41) is 4.37. The van der Waals surface area contributed by atoms with Crippen molar-refractivity contribution in [2.75, 3.05) is 0 Å². The summed E-state index contributed by atoms with van der Waals surface area (Å²) in [6.07, 6.45) is 1.28. The molecular weight excluding hydrogens is 328 g/mol. The van der Waals surface area contributed by atoms with Gasteiger partial charge in [-0.3, -0.25) is 9.59 Å². The van der Waals surface area contributed by atoms with E-state index in [1.165, 1.54) is 6.21 Å². The van der Waals surface area contributed by atoms with Gasteiger partial charge < -0.3 is 4.98 Å². The van der Waals surface area contributed by atoms with E-state index in [1.54, 1.807) is 36.4 Å². The molecule has 0 saturated carbocycles. The molecule has 7 heteroatoms. The number of hydrazone groups is 1. The first kappa shape index (κ1) is 15.9. The molecule has 3 aromatic rings.